The normalized spacial score (nSPS) is 15.3. The molecule has 0 saturated carbocycles. The standard InChI is InChI=1S/C26H16Cl2F3N3O/c27-21-11-10-16(12-22(21)28)14-33-15-17(19-8-4-5-9-23(19)33)13-20-24(26(29,30)31)32-34(25(20)35)18-6-2-1-3-7-18/h1-13,15H,14H2/b20-13-. The molecular weight excluding hydrogens is 498 g/mol. The maximum absolute atomic E-state index is 13.9. The first-order valence-electron chi connectivity index (χ1n) is 10.5. The summed E-state index contributed by atoms with van der Waals surface area (Å²) < 4.78 is 43.5. The first-order valence-corrected chi connectivity index (χ1v) is 11.3. The second-order valence-electron chi connectivity index (χ2n) is 7.93. The van der Waals surface area contributed by atoms with E-state index in [0.717, 1.165) is 16.1 Å². The number of alkyl halides is 3. The Labute approximate surface area is 208 Å². The van der Waals surface area contributed by atoms with Gasteiger partial charge in [0.2, 0.25) is 0 Å². The summed E-state index contributed by atoms with van der Waals surface area (Å²) in [4.78, 5) is 13.1. The lowest BCUT2D eigenvalue weighted by molar-refractivity contribution is -0.114. The topological polar surface area (TPSA) is 37.6 Å². The predicted molar refractivity (Wildman–Crippen MR) is 133 cm³/mol. The van der Waals surface area contributed by atoms with Crippen molar-refractivity contribution in [3.63, 3.8) is 0 Å². The number of para-hydroxylation sites is 2. The van der Waals surface area contributed by atoms with Crippen LogP contribution in [0.2, 0.25) is 10.0 Å². The Bertz CT molecular complexity index is 1510. The average molecular weight is 514 g/mol. The second kappa shape index (κ2) is 8.91. The molecule has 0 aliphatic carbocycles. The summed E-state index contributed by atoms with van der Waals surface area (Å²) in [7, 11) is 0. The number of hydrogen-bond acceptors (Lipinski definition) is 2. The average Bonchev–Trinajstić information content (AvgIpc) is 3.35. The number of carbonyl (C=O) groups excluding carboxylic acids is 1. The molecule has 0 spiro atoms. The van der Waals surface area contributed by atoms with Crippen molar-refractivity contribution in [1.82, 2.24) is 4.57 Å². The zero-order valence-corrected chi connectivity index (χ0v) is 19.4. The van der Waals surface area contributed by atoms with Crippen molar-refractivity contribution < 1.29 is 18.0 Å². The molecule has 0 fully saturated rings. The fourth-order valence-corrected chi connectivity index (χ4v) is 4.33. The molecular formula is C26H16Cl2F3N3O. The van der Waals surface area contributed by atoms with E-state index in [-0.39, 0.29) is 5.69 Å². The van der Waals surface area contributed by atoms with Gasteiger partial charge in [-0.05, 0) is 42.0 Å². The number of halogens is 5. The van der Waals surface area contributed by atoms with Crippen LogP contribution >= 0.6 is 23.2 Å². The number of hydrogen-bond donors (Lipinski definition) is 0. The minimum Gasteiger partial charge on any atom is -0.342 e. The van der Waals surface area contributed by atoms with Crippen LogP contribution < -0.4 is 5.01 Å². The van der Waals surface area contributed by atoms with Gasteiger partial charge < -0.3 is 4.57 Å². The van der Waals surface area contributed by atoms with Gasteiger partial charge in [0.25, 0.3) is 5.91 Å². The Morgan fingerprint density at radius 3 is 2.34 bits per heavy atom. The van der Waals surface area contributed by atoms with E-state index < -0.39 is 23.4 Å². The zero-order chi connectivity index (χ0) is 24.7. The molecule has 0 atom stereocenters. The molecule has 1 aromatic heterocycles. The van der Waals surface area contributed by atoms with Gasteiger partial charge in [0.05, 0.1) is 21.3 Å². The summed E-state index contributed by atoms with van der Waals surface area (Å²) in [5.41, 5.74) is 0.636. The van der Waals surface area contributed by atoms with Gasteiger partial charge in [-0.2, -0.15) is 23.3 Å². The number of hydrazone groups is 1. The third-order valence-corrected chi connectivity index (χ3v) is 6.34. The number of carbonyl (C=O) groups is 1. The Morgan fingerprint density at radius 1 is 0.914 bits per heavy atom. The van der Waals surface area contributed by atoms with Gasteiger partial charge in [-0.15, -0.1) is 0 Å². The number of aromatic nitrogens is 1. The number of benzene rings is 3. The molecule has 0 bridgehead atoms. The SMILES string of the molecule is O=C1/C(=C\c2cn(Cc3ccc(Cl)c(Cl)c3)c3ccccc23)C(C(F)(F)F)=NN1c1ccccc1. The Hall–Kier alpha value is -3.55. The molecule has 2 heterocycles. The van der Waals surface area contributed by atoms with Crippen LogP contribution in [-0.2, 0) is 11.3 Å². The first-order chi connectivity index (χ1) is 16.7. The van der Waals surface area contributed by atoms with E-state index in [1.807, 2.05) is 22.8 Å². The highest BCUT2D eigenvalue weighted by molar-refractivity contribution is 6.42. The highest BCUT2D eigenvalue weighted by Gasteiger charge is 2.46. The van der Waals surface area contributed by atoms with Gasteiger partial charge in [0, 0.05) is 29.2 Å². The van der Waals surface area contributed by atoms with E-state index in [9.17, 15) is 18.0 Å². The lowest BCUT2D eigenvalue weighted by Crippen LogP contribution is -2.25. The summed E-state index contributed by atoms with van der Waals surface area (Å²) >= 11 is 12.2. The van der Waals surface area contributed by atoms with Crippen molar-refractivity contribution in [1.29, 1.82) is 0 Å². The molecule has 0 unspecified atom stereocenters. The Kier molecular flexibility index (Phi) is 5.91. The van der Waals surface area contributed by atoms with Gasteiger partial charge in [-0.1, -0.05) is 65.7 Å². The maximum Gasteiger partial charge on any atom is 0.435 e. The fraction of sp³-hybridized carbons (Fsp3) is 0.0769. The van der Waals surface area contributed by atoms with E-state index in [2.05, 4.69) is 5.10 Å². The monoisotopic (exact) mass is 513 g/mol. The lowest BCUT2D eigenvalue weighted by Gasteiger charge is -2.10. The second-order valence-corrected chi connectivity index (χ2v) is 8.75. The van der Waals surface area contributed by atoms with Crippen LogP contribution in [0.25, 0.3) is 17.0 Å². The molecule has 0 radical (unpaired) electrons. The highest BCUT2D eigenvalue weighted by Crippen LogP contribution is 2.34. The third kappa shape index (κ3) is 4.45. The molecule has 176 valence electrons. The molecule has 4 aromatic rings. The molecule has 5 rings (SSSR count). The van der Waals surface area contributed by atoms with E-state index in [4.69, 9.17) is 23.2 Å². The summed E-state index contributed by atoms with van der Waals surface area (Å²) in [6.07, 6.45) is -1.83. The van der Waals surface area contributed by atoms with Gasteiger partial charge in [0.1, 0.15) is 0 Å². The van der Waals surface area contributed by atoms with Crippen LogP contribution in [0.3, 0.4) is 0 Å². The number of anilines is 1. The van der Waals surface area contributed by atoms with Crippen molar-refractivity contribution >= 4 is 57.5 Å². The Balaban J connectivity index is 1.60. The van der Waals surface area contributed by atoms with Crippen molar-refractivity contribution in [2.24, 2.45) is 5.10 Å². The van der Waals surface area contributed by atoms with Gasteiger partial charge in [-0.3, -0.25) is 4.79 Å². The first kappa shape index (κ1) is 23.2. The van der Waals surface area contributed by atoms with Crippen molar-refractivity contribution in [3.8, 4) is 0 Å². The molecule has 1 aliphatic rings. The van der Waals surface area contributed by atoms with Crippen LogP contribution in [0.5, 0.6) is 0 Å². The van der Waals surface area contributed by atoms with Crippen LogP contribution in [0.4, 0.5) is 18.9 Å². The molecule has 35 heavy (non-hydrogen) atoms. The molecule has 0 N–H and O–H groups in total. The van der Waals surface area contributed by atoms with Crippen molar-refractivity contribution in [3.05, 3.63) is 106 Å². The maximum atomic E-state index is 13.9. The van der Waals surface area contributed by atoms with E-state index in [1.165, 1.54) is 18.2 Å². The number of rotatable bonds is 4. The van der Waals surface area contributed by atoms with Crippen LogP contribution in [0.15, 0.2) is 89.7 Å². The predicted octanol–water partition coefficient (Wildman–Crippen LogP) is 7.34. The van der Waals surface area contributed by atoms with Crippen LogP contribution in [0.1, 0.15) is 11.1 Å². The summed E-state index contributed by atoms with van der Waals surface area (Å²) in [5.74, 6) is -0.843. The molecule has 9 heteroatoms. The van der Waals surface area contributed by atoms with Crippen molar-refractivity contribution in [2.75, 3.05) is 5.01 Å². The number of nitrogens with zero attached hydrogens (tertiary/aromatic N) is 3. The quantitative estimate of drug-likeness (QED) is 0.263. The lowest BCUT2D eigenvalue weighted by atomic mass is 10.1. The van der Waals surface area contributed by atoms with Gasteiger partial charge >= 0.3 is 6.18 Å². The molecule has 1 aliphatic heterocycles. The van der Waals surface area contributed by atoms with Crippen LogP contribution in [-0.4, -0.2) is 22.4 Å². The number of fused-ring (bicyclic) bond motifs is 1. The van der Waals surface area contributed by atoms with Gasteiger partial charge in [-0.25, -0.2) is 0 Å². The third-order valence-electron chi connectivity index (χ3n) is 5.60. The highest BCUT2D eigenvalue weighted by atomic mass is 35.5. The minimum absolute atomic E-state index is 0.254. The van der Waals surface area contributed by atoms with Crippen LogP contribution in [0, 0.1) is 0 Å². The zero-order valence-electron chi connectivity index (χ0n) is 17.9. The van der Waals surface area contributed by atoms with Crippen molar-refractivity contribution in [2.45, 2.75) is 12.7 Å². The van der Waals surface area contributed by atoms with E-state index >= 15 is 0 Å². The summed E-state index contributed by atoms with van der Waals surface area (Å²) in [6, 6.07) is 20.6. The minimum atomic E-state index is -4.80. The molecule has 4 nitrogen and oxygen atoms in total. The Morgan fingerprint density at radius 2 is 1.63 bits per heavy atom. The van der Waals surface area contributed by atoms with E-state index in [1.54, 1.807) is 48.7 Å². The fourth-order valence-electron chi connectivity index (χ4n) is 4.01. The largest absolute Gasteiger partial charge is 0.435 e. The molecule has 3 aromatic carbocycles. The van der Waals surface area contributed by atoms with E-state index in [0.29, 0.717) is 27.5 Å². The smallest absolute Gasteiger partial charge is 0.342 e. The molecule has 0 saturated heterocycles. The van der Waals surface area contributed by atoms with Gasteiger partial charge in [0.15, 0.2) is 5.71 Å². The molecule has 1 amide bonds. The number of amides is 1. The summed E-state index contributed by atoms with van der Waals surface area (Å²) in [5, 5.41) is 5.96. The summed E-state index contributed by atoms with van der Waals surface area (Å²) in [6.45, 7) is 0.408.